The Hall–Kier alpha value is -4.13. The van der Waals surface area contributed by atoms with Crippen molar-refractivity contribution in [2.75, 3.05) is 6.54 Å². The molecule has 0 saturated carbocycles. The fourth-order valence-electron chi connectivity index (χ4n) is 5.99. The maximum atomic E-state index is 14.4. The zero-order valence-corrected chi connectivity index (χ0v) is 24.8. The van der Waals surface area contributed by atoms with Gasteiger partial charge in [-0.2, -0.15) is 0 Å². The molecule has 232 valence electrons. The molecule has 1 heterocycles. The molecule has 0 aromatic heterocycles. The number of carbonyl (C=O) groups excluding carboxylic acids is 5. The molecule has 0 aliphatic carbocycles. The summed E-state index contributed by atoms with van der Waals surface area (Å²) in [5.74, 6) is -5.16. The van der Waals surface area contributed by atoms with Crippen LogP contribution < -0.4 is 22.5 Å². The highest BCUT2D eigenvalue weighted by atomic mass is 16.5. The van der Waals surface area contributed by atoms with Crippen molar-refractivity contribution in [2.45, 2.75) is 76.4 Å². The first-order chi connectivity index (χ1) is 20.1. The van der Waals surface area contributed by atoms with Crippen molar-refractivity contribution < 1.29 is 38.3 Å². The monoisotopic (exact) mass is 596 g/mol. The van der Waals surface area contributed by atoms with Crippen LogP contribution in [0.3, 0.4) is 0 Å². The summed E-state index contributed by atoms with van der Waals surface area (Å²) >= 11 is 0. The molecule has 12 heteroatoms. The third-order valence-electron chi connectivity index (χ3n) is 8.16. The summed E-state index contributed by atoms with van der Waals surface area (Å²) in [4.78, 5) is 65.9. The fourth-order valence-corrected chi connectivity index (χ4v) is 5.99. The van der Waals surface area contributed by atoms with Gasteiger partial charge in [0, 0.05) is 12.8 Å². The number of primary amides is 2. The lowest BCUT2D eigenvalue weighted by Crippen LogP contribution is -2.77. The molecule has 1 fully saturated rings. The van der Waals surface area contributed by atoms with Crippen molar-refractivity contribution >= 4 is 29.6 Å². The average Bonchev–Trinajstić information content (AvgIpc) is 3.41. The van der Waals surface area contributed by atoms with Crippen LogP contribution in [0.25, 0.3) is 0 Å². The van der Waals surface area contributed by atoms with E-state index in [1.807, 2.05) is 0 Å². The molecular weight excluding hydrogens is 554 g/mol. The van der Waals surface area contributed by atoms with Gasteiger partial charge in [-0.25, -0.2) is 14.1 Å². The van der Waals surface area contributed by atoms with Gasteiger partial charge >= 0.3 is 12.0 Å². The number of nitrogens with zero attached hydrogens (tertiary/aromatic N) is 1. The number of hydrogen-bond acceptors (Lipinski definition) is 8. The number of Topliss-reactive ketones (excluding diaryl/α,β-unsaturated/α-hetero) is 1. The number of amides is 4. The molecule has 43 heavy (non-hydrogen) atoms. The zero-order chi connectivity index (χ0) is 32.0. The Morgan fingerprint density at radius 1 is 0.977 bits per heavy atom. The Bertz CT molecular complexity index is 1330. The van der Waals surface area contributed by atoms with Gasteiger partial charge < -0.3 is 26.6 Å². The van der Waals surface area contributed by atoms with Crippen LogP contribution in [0, 0.1) is 5.92 Å². The lowest BCUT2D eigenvalue weighted by atomic mass is 9.80. The summed E-state index contributed by atoms with van der Waals surface area (Å²) < 4.78 is 4.67. The molecule has 0 spiro atoms. The second kappa shape index (κ2) is 13.4. The molecule has 0 radical (unpaired) electrons. The summed E-state index contributed by atoms with van der Waals surface area (Å²) in [6.45, 7) is 5.25. The number of likely N-dealkylation sites (tertiary alicyclic amines) is 1. The SMILES string of the molecule is CC(C)(C)[N+]1(C(=O)C(N)(O)[C@H](Cc2ccccc2)C(=O)[C@H](CC(N)=O)NC(=O)OCc2ccccc2)CCC[C@H]1C(N)=O. The maximum absolute atomic E-state index is 14.4. The van der Waals surface area contributed by atoms with Crippen molar-refractivity contribution in [3.8, 4) is 0 Å². The van der Waals surface area contributed by atoms with E-state index in [4.69, 9.17) is 21.9 Å². The van der Waals surface area contributed by atoms with Crippen LogP contribution in [0.4, 0.5) is 4.79 Å². The van der Waals surface area contributed by atoms with Gasteiger partial charge in [0.15, 0.2) is 11.8 Å². The summed E-state index contributed by atoms with van der Waals surface area (Å²) in [5.41, 5.74) is 15.1. The van der Waals surface area contributed by atoms with Crippen LogP contribution in [0.1, 0.15) is 51.2 Å². The molecule has 5 atom stereocenters. The van der Waals surface area contributed by atoms with Crippen LogP contribution in [0.2, 0.25) is 0 Å². The van der Waals surface area contributed by atoms with Crippen LogP contribution in [0.5, 0.6) is 0 Å². The Morgan fingerprint density at radius 2 is 1.53 bits per heavy atom. The molecule has 1 saturated heterocycles. The van der Waals surface area contributed by atoms with E-state index in [0.717, 1.165) is 0 Å². The van der Waals surface area contributed by atoms with Gasteiger partial charge in [0.25, 0.3) is 5.91 Å². The fraction of sp³-hybridized carbons (Fsp3) is 0.452. The number of ether oxygens (including phenoxy) is 1. The Morgan fingerprint density at radius 3 is 2.05 bits per heavy atom. The summed E-state index contributed by atoms with van der Waals surface area (Å²) in [6.07, 6.45) is -1.12. The van der Waals surface area contributed by atoms with Crippen molar-refractivity contribution in [2.24, 2.45) is 23.1 Å². The third kappa shape index (κ3) is 7.45. The van der Waals surface area contributed by atoms with E-state index in [9.17, 15) is 29.1 Å². The molecule has 1 aliphatic rings. The van der Waals surface area contributed by atoms with Gasteiger partial charge in [0.05, 0.1) is 24.4 Å². The number of hydrogen-bond donors (Lipinski definition) is 5. The second-order valence-electron chi connectivity index (χ2n) is 12.0. The number of alkyl carbamates (subject to hydrolysis) is 1. The number of quaternary nitrogens is 1. The molecule has 1 aliphatic heterocycles. The molecule has 3 rings (SSSR count). The number of nitrogens with two attached hydrogens (primary N) is 3. The van der Waals surface area contributed by atoms with Crippen molar-refractivity contribution in [1.29, 1.82) is 0 Å². The van der Waals surface area contributed by atoms with E-state index in [0.29, 0.717) is 24.0 Å². The smallest absolute Gasteiger partial charge is 0.408 e. The first-order valence-electron chi connectivity index (χ1n) is 14.2. The maximum Gasteiger partial charge on any atom is 0.408 e. The number of nitrogens with one attached hydrogen (secondary N) is 1. The van der Waals surface area contributed by atoms with Crippen molar-refractivity contribution in [3.05, 3.63) is 71.8 Å². The second-order valence-corrected chi connectivity index (χ2v) is 12.0. The summed E-state index contributed by atoms with van der Waals surface area (Å²) in [7, 11) is 0. The molecule has 2 unspecified atom stereocenters. The number of rotatable bonds is 12. The molecule has 0 bridgehead atoms. The van der Waals surface area contributed by atoms with Crippen LogP contribution in [-0.4, -0.2) is 69.1 Å². The molecule has 8 N–H and O–H groups in total. The highest BCUT2D eigenvalue weighted by Gasteiger charge is 2.65. The standard InChI is InChI=1S/C31H41N5O7/c1-30(2,3)36(16-10-15-24(36)27(33)39)28(40)31(34,42)22(17-20-11-6-4-7-12-20)26(38)23(18-25(32)37)35-29(41)43-19-21-13-8-5-9-14-21/h4-9,11-14,22-24,42H,10,15-19,34H2,1-3H3,(H4-,32,33,35,37,39,41)/p+1/t22-,23+,24+,31?,36?/m1/s1. The lowest BCUT2D eigenvalue weighted by Gasteiger charge is -2.49. The van der Waals surface area contributed by atoms with Gasteiger partial charge in [0.2, 0.25) is 11.6 Å². The Balaban J connectivity index is 2.02. The quantitative estimate of drug-likeness (QED) is 0.176. The molecule has 2 aromatic rings. The normalized spacial score (nSPS) is 21.2. The van der Waals surface area contributed by atoms with Crippen LogP contribution >= 0.6 is 0 Å². The third-order valence-corrected chi connectivity index (χ3v) is 8.16. The lowest BCUT2D eigenvalue weighted by molar-refractivity contribution is -0.906. The van der Waals surface area contributed by atoms with Crippen molar-refractivity contribution in [1.82, 2.24) is 5.32 Å². The predicted molar refractivity (Wildman–Crippen MR) is 157 cm³/mol. The van der Waals surface area contributed by atoms with E-state index >= 15 is 0 Å². The topological polar surface area (TPSA) is 205 Å². The van der Waals surface area contributed by atoms with E-state index in [1.165, 1.54) is 0 Å². The van der Waals surface area contributed by atoms with Crippen LogP contribution in [0.15, 0.2) is 60.7 Å². The zero-order valence-electron chi connectivity index (χ0n) is 24.8. The molecule has 4 amide bonds. The van der Waals surface area contributed by atoms with Gasteiger partial charge in [-0.15, -0.1) is 0 Å². The summed E-state index contributed by atoms with van der Waals surface area (Å²) in [6, 6.07) is 14.8. The molecule has 2 aromatic carbocycles. The minimum Gasteiger partial charge on any atom is -0.445 e. The molecule has 12 nitrogen and oxygen atoms in total. The number of aliphatic hydroxyl groups is 1. The number of benzene rings is 2. The minimum atomic E-state index is -2.84. The Kier molecular flexibility index (Phi) is 10.4. The van der Waals surface area contributed by atoms with Gasteiger partial charge in [-0.3, -0.25) is 20.1 Å². The Labute approximate surface area is 251 Å². The van der Waals surface area contributed by atoms with E-state index in [2.05, 4.69) is 5.32 Å². The highest BCUT2D eigenvalue weighted by molar-refractivity contribution is 5.98. The first-order valence-corrected chi connectivity index (χ1v) is 14.2. The van der Waals surface area contributed by atoms with Crippen molar-refractivity contribution in [3.63, 3.8) is 0 Å². The average molecular weight is 597 g/mol. The van der Waals surface area contributed by atoms with Gasteiger partial charge in [-0.05, 0) is 38.3 Å². The van der Waals surface area contributed by atoms with E-state index in [-0.39, 0.29) is 19.6 Å². The van der Waals surface area contributed by atoms with Crippen LogP contribution in [-0.2, 0) is 36.9 Å². The highest BCUT2D eigenvalue weighted by Crippen LogP contribution is 2.40. The van der Waals surface area contributed by atoms with Gasteiger partial charge in [0.1, 0.15) is 12.6 Å². The summed E-state index contributed by atoms with van der Waals surface area (Å²) in [5, 5.41) is 14.3. The number of ketones is 1. The van der Waals surface area contributed by atoms with E-state index < -0.39 is 69.8 Å². The van der Waals surface area contributed by atoms with Gasteiger partial charge in [-0.1, -0.05) is 60.7 Å². The first kappa shape index (κ1) is 33.4. The molecular formula is C31H42N5O7+. The van der Waals surface area contributed by atoms with E-state index in [1.54, 1.807) is 81.4 Å². The largest absolute Gasteiger partial charge is 0.445 e. The number of carbonyl (C=O) groups is 5. The predicted octanol–water partition coefficient (Wildman–Crippen LogP) is 1.02. The minimum absolute atomic E-state index is 0.114.